The maximum Gasteiger partial charge on any atom is 0.235 e. The third kappa shape index (κ3) is 4.03. The summed E-state index contributed by atoms with van der Waals surface area (Å²) in [5, 5.41) is 8.89. The van der Waals surface area contributed by atoms with Gasteiger partial charge in [0.05, 0.1) is 11.9 Å². The molecular formula is C14H21NO2S. The average Bonchev–Trinajstić information content (AvgIpc) is 2.40. The second-order valence-electron chi connectivity index (χ2n) is 4.07. The lowest BCUT2D eigenvalue weighted by atomic mass is 10.2. The molecule has 1 aromatic rings. The fourth-order valence-corrected chi connectivity index (χ4v) is 2.67. The third-order valence-electron chi connectivity index (χ3n) is 2.84. The van der Waals surface area contributed by atoms with E-state index in [-0.39, 0.29) is 17.8 Å². The van der Waals surface area contributed by atoms with E-state index in [0.29, 0.717) is 0 Å². The fourth-order valence-electron chi connectivity index (χ4n) is 1.72. The van der Waals surface area contributed by atoms with Gasteiger partial charge in [0.2, 0.25) is 5.91 Å². The number of hydrogen-bond donors (Lipinski definition) is 1. The molecule has 1 rings (SSSR count). The molecule has 0 saturated carbocycles. The SMILES string of the molecule is CCN(CC)C(=O)C(C)Sc1ccc(CO)cc1. The highest BCUT2D eigenvalue weighted by atomic mass is 32.2. The Balaban J connectivity index is 2.62. The van der Waals surface area contributed by atoms with E-state index >= 15 is 0 Å². The van der Waals surface area contributed by atoms with Gasteiger partial charge in [-0.25, -0.2) is 0 Å². The van der Waals surface area contributed by atoms with Crippen LogP contribution in [0.4, 0.5) is 0 Å². The van der Waals surface area contributed by atoms with E-state index in [1.165, 1.54) is 0 Å². The molecule has 0 heterocycles. The lowest BCUT2D eigenvalue weighted by Gasteiger charge is -2.22. The van der Waals surface area contributed by atoms with Crippen molar-refractivity contribution in [3.8, 4) is 0 Å². The maximum atomic E-state index is 12.1. The largest absolute Gasteiger partial charge is 0.392 e. The zero-order chi connectivity index (χ0) is 13.5. The van der Waals surface area contributed by atoms with Crippen LogP contribution in [0.1, 0.15) is 26.3 Å². The molecule has 0 bridgehead atoms. The Hall–Kier alpha value is -1.00. The average molecular weight is 267 g/mol. The number of carbonyl (C=O) groups excluding carboxylic acids is 1. The van der Waals surface area contributed by atoms with Crippen molar-refractivity contribution >= 4 is 17.7 Å². The molecule has 4 heteroatoms. The number of aliphatic hydroxyl groups excluding tert-OH is 1. The Labute approximate surface area is 113 Å². The summed E-state index contributed by atoms with van der Waals surface area (Å²) in [4.78, 5) is 15.0. The molecule has 1 aromatic carbocycles. The molecule has 0 aliphatic heterocycles. The molecular weight excluding hydrogens is 246 g/mol. The normalized spacial score (nSPS) is 12.2. The van der Waals surface area contributed by atoms with Gasteiger partial charge in [0.25, 0.3) is 0 Å². The predicted molar refractivity (Wildman–Crippen MR) is 75.6 cm³/mol. The molecule has 18 heavy (non-hydrogen) atoms. The zero-order valence-electron chi connectivity index (χ0n) is 11.2. The molecule has 1 atom stereocenters. The first kappa shape index (κ1) is 15.1. The van der Waals surface area contributed by atoms with E-state index in [1.807, 2.05) is 49.9 Å². The highest BCUT2D eigenvalue weighted by molar-refractivity contribution is 8.00. The number of nitrogens with zero attached hydrogens (tertiary/aromatic N) is 1. The first-order valence-corrected chi connectivity index (χ1v) is 7.15. The van der Waals surface area contributed by atoms with Crippen LogP contribution < -0.4 is 0 Å². The van der Waals surface area contributed by atoms with Crippen LogP contribution in [0.3, 0.4) is 0 Å². The summed E-state index contributed by atoms with van der Waals surface area (Å²) < 4.78 is 0. The summed E-state index contributed by atoms with van der Waals surface area (Å²) >= 11 is 1.56. The minimum absolute atomic E-state index is 0.0544. The minimum Gasteiger partial charge on any atom is -0.392 e. The summed E-state index contributed by atoms with van der Waals surface area (Å²) in [6.45, 7) is 7.49. The van der Waals surface area contributed by atoms with Crippen LogP contribution >= 0.6 is 11.8 Å². The van der Waals surface area contributed by atoms with Crippen LogP contribution in [0.15, 0.2) is 29.2 Å². The molecule has 0 saturated heterocycles. The van der Waals surface area contributed by atoms with E-state index in [9.17, 15) is 4.79 Å². The lowest BCUT2D eigenvalue weighted by Crippen LogP contribution is -2.36. The van der Waals surface area contributed by atoms with Gasteiger partial charge in [-0.15, -0.1) is 11.8 Å². The molecule has 1 unspecified atom stereocenters. The number of thioether (sulfide) groups is 1. The first-order chi connectivity index (χ1) is 8.62. The molecule has 0 radical (unpaired) electrons. The Morgan fingerprint density at radius 2 is 1.83 bits per heavy atom. The molecule has 0 spiro atoms. The van der Waals surface area contributed by atoms with E-state index in [0.717, 1.165) is 23.5 Å². The lowest BCUT2D eigenvalue weighted by molar-refractivity contribution is -0.129. The quantitative estimate of drug-likeness (QED) is 0.805. The van der Waals surface area contributed by atoms with E-state index < -0.39 is 0 Å². The number of hydrogen-bond acceptors (Lipinski definition) is 3. The van der Waals surface area contributed by atoms with E-state index in [2.05, 4.69) is 0 Å². The van der Waals surface area contributed by atoms with Gasteiger partial charge < -0.3 is 10.0 Å². The number of benzene rings is 1. The topological polar surface area (TPSA) is 40.5 Å². The predicted octanol–water partition coefficient (Wildman–Crippen LogP) is 2.53. The highest BCUT2D eigenvalue weighted by Crippen LogP contribution is 2.24. The van der Waals surface area contributed by atoms with Crippen molar-refractivity contribution in [1.82, 2.24) is 4.90 Å². The van der Waals surface area contributed by atoms with Crippen LogP contribution in [0, 0.1) is 0 Å². The van der Waals surface area contributed by atoms with Gasteiger partial charge in [0.1, 0.15) is 0 Å². The molecule has 0 aliphatic carbocycles. The Morgan fingerprint density at radius 1 is 1.28 bits per heavy atom. The summed E-state index contributed by atoms with van der Waals surface area (Å²) in [7, 11) is 0. The van der Waals surface area contributed by atoms with Gasteiger partial charge in [0.15, 0.2) is 0 Å². The summed E-state index contributed by atoms with van der Waals surface area (Å²) in [6.07, 6.45) is 0. The van der Waals surface area contributed by atoms with Crippen molar-refractivity contribution in [2.75, 3.05) is 13.1 Å². The monoisotopic (exact) mass is 267 g/mol. The second kappa shape index (κ2) is 7.44. The summed E-state index contributed by atoms with van der Waals surface area (Å²) in [5.41, 5.74) is 0.891. The highest BCUT2D eigenvalue weighted by Gasteiger charge is 2.18. The Morgan fingerprint density at radius 3 is 2.28 bits per heavy atom. The molecule has 1 amide bonds. The summed E-state index contributed by atoms with van der Waals surface area (Å²) in [5.74, 6) is 0.177. The van der Waals surface area contributed by atoms with Crippen LogP contribution in [0.5, 0.6) is 0 Å². The van der Waals surface area contributed by atoms with E-state index in [4.69, 9.17) is 5.11 Å². The molecule has 3 nitrogen and oxygen atoms in total. The maximum absolute atomic E-state index is 12.1. The first-order valence-electron chi connectivity index (χ1n) is 6.27. The van der Waals surface area contributed by atoms with Gasteiger partial charge in [-0.3, -0.25) is 4.79 Å². The molecule has 0 aromatic heterocycles. The standard InChI is InChI=1S/C14H21NO2S/c1-4-15(5-2)14(17)11(3)18-13-8-6-12(10-16)7-9-13/h6-9,11,16H,4-5,10H2,1-3H3. The number of amides is 1. The Bertz CT molecular complexity index is 374. The Kier molecular flexibility index (Phi) is 6.22. The van der Waals surface area contributed by atoms with Gasteiger partial charge in [-0.1, -0.05) is 12.1 Å². The van der Waals surface area contributed by atoms with Gasteiger partial charge >= 0.3 is 0 Å². The van der Waals surface area contributed by atoms with Crippen LogP contribution in [-0.2, 0) is 11.4 Å². The minimum atomic E-state index is -0.0788. The van der Waals surface area contributed by atoms with Crippen molar-refractivity contribution in [2.24, 2.45) is 0 Å². The summed E-state index contributed by atoms with van der Waals surface area (Å²) in [6, 6.07) is 7.67. The fraction of sp³-hybridized carbons (Fsp3) is 0.500. The van der Waals surface area contributed by atoms with Crippen LogP contribution in [0.25, 0.3) is 0 Å². The van der Waals surface area contributed by atoms with Crippen LogP contribution in [-0.4, -0.2) is 34.3 Å². The van der Waals surface area contributed by atoms with Crippen molar-refractivity contribution in [3.05, 3.63) is 29.8 Å². The smallest absolute Gasteiger partial charge is 0.235 e. The van der Waals surface area contributed by atoms with Crippen molar-refractivity contribution in [1.29, 1.82) is 0 Å². The second-order valence-corrected chi connectivity index (χ2v) is 5.49. The number of aliphatic hydroxyl groups is 1. The van der Waals surface area contributed by atoms with Gasteiger partial charge in [-0.2, -0.15) is 0 Å². The molecule has 0 aliphatic rings. The van der Waals surface area contributed by atoms with Crippen molar-refractivity contribution in [2.45, 2.75) is 37.5 Å². The molecule has 0 fully saturated rings. The molecule has 1 N–H and O–H groups in total. The zero-order valence-corrected chi connectivity index (χ0v) is 12.0. The van der Waals surface area contributed by atoms with Crippen molar-refractivity contribution < 1.29 is 9.90 Å². The molecule has 100 valence electrons. The number of rotatable bonds is 6. The van der Waals surface area contributed by atoms with E-state index in [1.54, 1.807) is 11.8 Å². The van der Waals surface area contributed by atoms with Crippen molar-refractivity contribution in [3.63, 3.8) is 0 Å². The van der Waals surface area contributed by atoms with Gasteiger partial charge in [-0.05, 0) is 38.5 Å². The number of carbonyl (C=O) groups is 1. The third-order valence-corrected chi connectivity index (χ3v) is 3.94. The van der Waals surface area contributed by atoms with Crippen LogP contribution in [0.2, 0.25) is 0 Å². The van der Waals surface area contributed by atoms with Gasteiger partial charge in [0, 0.05) is 18.0 Å².